The molecule has 144 valence electrons. The van der Waals surface area contributed by atoms with Gasteiger partial charge in [0.05, 0.1) is 5.69 Å². The molecule has 0 saturated carbocycles. The molecule has 5 N–H and O–H groups in total. The van der Waals surface area contributed by atoms with Gasteiger partial charge in [0.15, 0.2) is 5.69 Å². The van der Waals surface area contributed by atoms with Crippen LogP contribution in [0.5, 0.6) is 0 Å². The zero-order valence-corrected chi connectivity index (χ0v) is 16.6. The van der Waals surface area contributed by atoms with E-state index in [2.05, 4.69) is 9.69 Å². The number of carbonyl (C=O) groups excluding carboxylic acids is 3. The van der Waals surface area contributed by atoms with E-state index in [1.807, 2.05) is 20.8 Å². The molecule has 8 nitrogen and oxygen atoms in total. The smallest absolute Gasteiger partial charge is 0.272 e. The Bertz CT molecular complexity index is 874. The Morgan fingerprint density at radius 2 is 1.81 bits per heavy atom. The predicted octanol–water partition coefficient (Wildman–Crippen LogP) is 2.04. The van der Waals surface area contributed by atoms with Crippen molar-refractivity contribution in [2.24, 2.45) is 5.73 Å². The van der Waals surface area contributed by atoms with Crippen LogP contribution >= 0.6 is 23.1 Å². The first-order valence-electron chi connectivity index (χ1n) is 7.93. The molecule has 0 saturated heterocycles. The van der Waals surface area contributed by atoms with Crippen molar-refractivity contribution in [2.75, 3.05) is 17.2 Å². The van der Waals surface area contributed by atoms with Crippen LogP contribution in [-0.4, -0.2) is 34.2 Å². The van der Waals surface area contributed by atoms with Crippen LogP contribution in [0.1, 0.15) is 40.9 Å². The van der Waals surface area contributed by atoms with Gasteiger partial charge in [-0.25, -0.2) is 0 Å². The van der Waals surface area contributed by atoms with Gasteiger partial charge in [-0.15, -0.1) is 0 Å². The second kappa shape index (κ2) is 7.93. The van der Waals surface area contributed by atoms with Crippen molar-refractivity contribution in [3.8, 4) is 0 Å². The highest BCUT2D eigenvalue weighted by Gasteiger charge is 2.28. The number of rotatable bonds is 5. The molecule has 0 unspecified atom stereocenters. The van der Waals surface area contributed by atoms with Gasteiger partial charge < -0.3 is 16.8 Å². The second-order valence-corrected chi connectivity index (χ2v) is 8.01. The maximum absolute atomic E-state index is 13.0. The average Bonchev–Trinajstić information content (AvgIpc) is 2.93. The third-order valence-electron chi connectivity index (χ3n) is 3.36. The standard InChI is InChI=1S/C17H20ClN5O3S/c1-17(2,3)21-11(24)8-23(10-6-4-9(18)5-7-10)16(26)14-12(19)13(15(20)25)22-27-14/h4-7H,8,19H2,1-3H3,(H2,20,25)(H,21,24). The quantitative estimate of drug-likeness (QED) is 0.695. The van der Waals surface area contributed by atoms with Crippen LogP contribution in [0, 0.1) is 0 Å². The van der Waals surface area contributed by atoms with Crippen molar-refractivity contribution in [1.29, 1.82) is 0 Å². The highest BCUT2D eigenvalue weighted by molar-refractivity contribution is 7.09. The number of hydrogen-bond donors (Lipinski definition) is 3. The third kappa shape index (κ3) is 5.18. The number of nitrogens with two attached hydrogens (primary N) is 2. The molecule has 1 heterocycles. The summed E-state index contributed by atoms with van der Waals surface area (Å²) in [7, 11) is 0. The number of nitrogens with zero attached hydrogens (tertiary/aromatic N) is 2. The largest absolute Gasteiger partial charge is 0.395 e. The van der Waals surface area contributed by atoms with E-state index in [0.717, 1.165) is 11.5 Å². The number of hydrogen-bond acceptors (Lipinski definition) is 6. The SMILES string of the molecule is CC(C)(C)NC(=O)CN(C(=O)c1snc(C(N)=O)c1N)c1ccc(Cl)cc1. The molecule has 2 aromatic rings. The van der Waals surface area contributed by atoms with E-state index in [-0.39, 0.29) is 28.7 Å². The van der Waals surface area contributed by atoms with E-state index in [4.69, 9.17) is 23.1 Å². The summed E-state index contributed by atoms with van der Waals surface area (Å²) in [6.45, 7) is 5.25. The van der Waals surface area contributed by atoms with Crippen LogP contribution in [0.15, 0.2) is 24.3 Å². The van der Waals surface area contributed by atoms with Crippen LogP contribution in [0.2, 0.25) is 5.02 Å². The molecule has 27 heavy (non-hydrogen) atoms. The molecule has 0 aliphatic carbocycles. The summed E-state index contributed by atoms with van der Waals surface area (Å²) in [5, 5.41) is 3.28. The summed E-state index contributed by atoms with van der Waals surface area (Å²) in [5.41, 5.74) is 10.8. The number of halogens is 1. The Kier molecular flexibility index (Phi) is 6.07. The van der Waals surface area contributed by atoms with Gasteiger partial charge in [0.1, 0.15) is 11.4 Å². The van der Waals surface area contributed by atoms with Crippen molar-refractivity contribution < 1.29 is 14.4 Å². The lowest BCUT2D eigenvalue weighted by Gasteiger charge is -2.26. The van der Waals surface area contributed by atoms with Crippen molar-refractivity contribution in [3.63, 3.8) is 0 Å². The Hall–Kier alpha value is -2.65. The van der Waals surface area contributed by atoms with Crippen molar-refractivity contribution in [3.05, 3.63) is 39.9 Å². The Morgan fingerprint density at radius 1 is 1.22 bits per heavy atom. The molecule has 0 aliphatic rings. The third-order valence-corrected chi connectivity index (χ3v) is 4.46. The van der Waals surface area contributed by atoms with Gasteiger partial charge in [0.2, 0.25) is 5.91 Å². The van der Waals surface area contributed by atoms with E-state index < -0.39 is 17.4 Å². The predicted molar refractivity (Wildman–Crippen MR) is 106 cm³/mol. The highest BCUT2D eigenvalue weighted by atomic mass is 35.5. The summed E-state index contributed by atoms with van der Waals surface area (Å²) < 4.78 is 3.84. The number of benzene rings is 1. The van der Waals surface area contributed by atoms with Crippen LogP contribution < -0.4 is 21.7 Å². The highest BCUT2D eigenvalue weighted by Crippen LogP contribution is 2.26. The molecule has 10 heteroatoms. The van der Waals surface area contributed by atoms with E-state index in [1.165, 1.54) is 4.90 Å². The summed E-state index contributed by atoms with van der Waals surface area (Å²) in [4.78, 5) is 38.1. The minimum Gasteiger partial charge on any atom is -0.395 e. The maximum Gasteiger partial charge on any atom is 0.272 e. The van der Waals surface area contributed by atoms with Crippen molar-refractivity contribution >= 4 is 52.2 Å². The fraction of sp³-hybridized carbons (Fsp3) is 0.294. The van der Waals surface area contributed by atoms with Gasteiger partial charge in [0, 0.05) is 16.2 Å². The number of amides is 3. The van der Waals surface area contributed by atoms with Gasteiger partial charge in [-0.2, -0.15) is 4.37 Å². The number of nitrogen functional groups attached to an aromatic ring is 1. The van der Waals surface area contributed by atoms with E-state index in [0.29, 0.717) is 10.7 Å². The molecule has 0 fully saturated rings. The minimum absolute atomic E-state index is 0.0299. The van der Waals surface area contributed by atoms with Gasteiger partial charge >= 0.3 is 0 Å². The molecule has 0 spiro atoms. The maximum atomic E-state index is 13.0. The summed E-state index contributed by atoms with van der Waals surface area (Å²) in [6.07, 6.45) is 0. The molecule has 0 aliphatic heterocycles. The van der Waals surface area contributed by atoms with E-state index in [1.54, 1.807) is 24.3 Å². The number of carbonyl (C=O) groups is 3. The second-order valence-electron chi connectivity index (χ2n) is 6.80. The molecule has 0 bridgehead atoms. The van der Waals surface area contributed by atoms with Crippen LogP contribution in [-0.2, 0) is 4.79 Å². The fourth-order valence-electron chi connectivity index (χ4n) is 2.25. The zero-order chi connectivity index (χ0) is 20.4. The Morgan fingerprint density at radius 3 is 2.30 bits per heavy atom. The van der Waals surface area contributed by atoms with E-state index >= 15 is 0 Å². The minimum atomic E-state index is -0.827. The summed E-state index contributed by atoms with van der Waals surface area (Å²) >= 11 is 6.66. The Balaban J connectivity index is 2.39. The monoisotopic (exact) mass is 409 g/mol. The lowest BCUT2D eigenvalue weighted by Crippen LogP contribution is -2.47. The van der Waals surface area contributed by atoms with Crippen LogP contribution in [0.4, 0.5) is 11.4 Å². The fourth-order valence-corrected chi connectivity index (χ4v) is 3.13. The van der Waals surface area contributed by atoms with Gasteiger partial charge in [0.25, 0.3) is 11.8 Å². The van der Waals surface area contributed by atoms with Crippen molar-refractivity contribution in [1.82, 2.24) is 9.69 Å². The first-order chi connectivity index (χ1) is 12.5. The number of nitrogens with one attached hydrogen (secondary N) is 1. The van der Waals surface area contributed by atoms with Gasteiger partial charge in [-0.05, 0) is 56.6 Å². The first kappa shape index (κ1) is 20.7. The molecule has 1 aromatic carbocycles. The lowest BCUT2D eigenvalue weighted by atomic mass is 10.1. The first-order valence-corrected chi connectivity index (χ1v) is 9.08. The number of aromatic nitrogens is 1. The van der Waals surface area contributed by atoms with Gasteiger partial charge in [-0.1, -0.05) is 11.6 Å². The van der Waals surface area contributed by atoms with Crippen LogP contribution in [0.3, 0.4) is 0 Å². The average molecular weight is 410 g/mol. The zero-order valence-electron chi connectivity index (χ0n) is 15.1. The number of primary amides is 1. The topological polar surface area (TPSA) is 131 Å². The normalized spacial score (nSPS) is 11.1. The molecule has 2 rings (SSSR count). The lowest BCUT2D eigenvalue weighted by molar-refractivity contribution is -0.121. The molecular formula is C17H20ClN5O3S. The molecule has 1 aromatic heterocycles. The Labute approximate surface area is 165 Å². The molecular weight excluding hydrogens is 390 g/mol. The molecule has 3 amide bonds. The van der Waals surface area contributed by atoms with Crippen LogP contribution in [0.25, 0.3) is 0 Å². The molecule has 0 radical (unpaired) electrons. The van der Waals surface area contributed by atoms with E-state index in [9.17, 15) is 14.4 Å². The van der Waals surface area contributed by atoms with Gasteiger partial charge in [-0.3, -0.25) is 19.3 Å². The molecule has 0 atom stereocenters. The summed E-state index contributed by atoms with van der Waals surface area (Å²) in [6, 6.07) is 6.42. The summed E-state index contributed by atoms with van der Waals surface area (Å²) in [5.74, 6) is -1.75. The van der Waals surface area contributed by atoms with Crippen molar-refractivity contribution in [2.45, 2.75) is 26.3 Å². The number of anilines is 2.